The van der Waals surface area contributed by atoms with Crippen LogP contribution < -0.4 is 10.2 Å². The van der Waals surface area contributed by atoms with Gasteiger partial charge in [0.15, 0.2) is 0 Å². The summed E-state index contributed by atoms with van der Waals surface area (Å²) < 4.78 is 23.2. The van der Waals surface area contributed by atoms with Crippen LogP contribution in [-0.2, 0) is 18.4 Å². The van der Waals surface area contributed by atoms with Gasteiger partial charge in [-0.3, -0.25) is 9.36 Å². The molecule has 0 aromatic carbocycles. The van der Waals surface area contributed by atoms with Crippen molar-refractivity contribution in [3.05, 3.63) is 72.9 Å². The van der Waals surface area contributed by atoms with Crippen molar-refractivity contribution >= 4 is 13.7 Å². The van der Waals surface area contributed by atoms with Gasteiger partial charge < -0.3 is 28.8 Å². The second-order valence-corrected chi connectivity index (χ2v) is 21.0. The third-order valence-corrected chi connectivity index (χ3v) is 12.9. The summed E-state index contributed by atoms with van der Waals surface area (Å²) in [5.74, 6) is -0.169. The molecule has 0 fully saturated rings. The van der Waals surface area contributed by atoms with E-state index in [2.05, 4.69) is 92.1 Å². The Morgan fingerprint density at radius 3 is 1.35 bits per heavy atom. The minimum absolute atomic E-state index is 0.0109. The first-order valence-corrected chi connectivity index (χ1v) is 28.7. The Bertz CT molecular complexity index is 1300. The van der Waals surface area contributed by atoms with E-state index in [4.69, 9.17) is 9.05 Å². The molecule has 0 heterocycles. The fraction of sp³-hybridized carbons (Fsp3) is 0.772. The first-order chi connectivity index (χ1) is 32.0. The number of unbranched alkanes of at least 4 members (excludes halogenated alkanes) is 24. The Morgan fingerprint density at radius 2 is 0.924 bits per heavy atom. The quantitative estimate of drug-likeness (QED) is 0.0272. The number of hydrogen-bond acceptors (Lipinski definition) is 6. The van der Waals surface area contributed by atoms with E-state index in [0.29, 0.717) is 23.9 Å². The number of aliphatic hydroxyl groups excluding tert-OH is 1. The number of carbonyl (C=O) groups excluding carboxylic acids is 1. The van der Waals surface area contributed by atoms with Crippen LogP contribution in [-0.4, -0.2) is 68.5 Å². The SMILES string of the molecule is CC/C=C\C/C=C\C/C=C\C/C=C\C/C=C\C/C=C\CCCCCCCCCCCCCCCCCCCCC(=O)NC(COP(=O)([O-])OCC[N+](C)(C)C)C(O)CCCCCCCCC. The highest BCUT2D eigenvalue weighted by Crippen LogP contribution is 2.38. The van der Waals surface area contributed by atoms with Crippen LogP contribution in [0.5, 0.6) is 0 Å². The number of phosphoric acid groups is 1. The maximum absolute atomic E-state index is 12.9. The van der Waals surface area contributed by atoms with Crippen LogP contribution in [0.15, 0.2) is 72.9 Å². The molecule has 0 saturated heterocycles. The van der Waals surface area contributed by atoms with E-state index in [1.165, 1.54) is 128 Å². The highest BCUT2D eigenvalue weighted by atomic mass is 31.2. The molecule has 0 radical (unpaired) electrons. The van der Waals surface area contributed by atoms with Crippen molar-refractivity contribution in [1.82, 2.24) is 5.32 Å². The van der Waals surface area contributed by atoms with Crippen molar-refractivity contribution < 1.29 is 32.9 Å². The monoisotopic (exact) mass is 945 g/mol. The lowest BCUT2D eigenvalue weighted by Gasteiger charge is -2.30. The maximum atomic E-state index is 12.9. The summed E-state index contributed by atoms with van der Waals surface area (Å²) >= 11 is 0. The van der Waals surface area contributed by atoms with Gasteiger partial charge in [0.2, 0.25) is 5.91 Å². The zero-order valence-electron chi connectivity index (χ0n) is 43.6. The first kappa shape index (κ1) is 63.9. The van der Waals surface area contributed by atoms with E-state index < -0.39 is 20.0 Å². The van der Waals surface area contributed by atoms with Gasteiger partial charge in [-0.25, -0.2) is 0 Å². The van der Waals surface area contributed by atoms with E-state index in [-0.39, 0.29) is 19.1 Å². The highest BCUT2D eigenvalue weighted by Gasteiger charge is 2.24. The summed E-state index contributed by atoms with van der Waals surface area (Å²) in [6.07, 6.45) is 65.4. The molecule has 0 bridgehead atoms. The van der Waals surface area contributed by atoms with Crippen LogP contribution in [0.25, 0.3) is 0 Å². The number of nitrogens with zero attached hydrogens (tertiary/aromatic N) is 1. The number of rotatable bonds is 49. The largest absolute Gasteiger partial charge is 0.756 e. The molecule has 1 amide bonds. The Kier molecular flexibility index (Phi) is 46.5. The third-order valence-electron chi connectivity index (χ3n) is 12.0. The topological polar surface area (TPSA) is 108 Å². The maximum Gasteiger partial charge on any atom is 0.268 e. The van der Waals surface area contributed by atoms with Crippen LogP contribution in [0, 0.1) is 0 Å². The smallest absolute Gasteiger partial charge is 0.268 e. The molecular formula is C57H105N2O6P. The van der Waals surface area contributed by atoms with E-state index in [0.717, 1.165) is 77.0 Å². The van der Waals surface area contributed by atoms with Gasteiger partial charge >= 0.3 is 0 Å². The van der Waals surface area contributed by atoms with Crippen LogP contribution in [0.3, 0.4) is 0 Å². The second kappa shape index (κ2) is 48.0. The lowest BCUT2D eigenvalue weighted by Crippen LogP contribution is -2.46. The summed E-state index contributed by atoms with van der Waals surface area (Å²) in [5.41, 5.74) is 0. The predicted molar refractivity (Wildman–Crippen MR) is 284 cm³/mol. The molecule has 0 spiro atoms. The molecule has 0 aliphatic rings. The Balaban J connectivity index is 3.84. The summed E-state index contributed by atoms with van der Waals surface area (Å²) in [5, 5.41) is 13.8. The Morgan fingerprint density at radius 1 is 0.545 bits per heavy atom. The number of likely N-dealkylation sites (N-methyl/N-ethyl adjacent to an activating group) is 1. The molecule has 0 rings (SSSR count). The van der Waals surface area contributed by atoms with Gasteiger partial charge in [-0.1, -0.05) is 234 Å². The molecule has 0 aromatic rings. The number of carbonyl (C=O) groups is 1. The molecule has 0 aromatic heterocycles. The van der Waals surface area contributed by atoms with Gasteiger partial charge in [0.1, 0.15) is 13.2 Å². The van der Waals surface area contributed by atoms with E-state index in [9.17, 15) is 19.4 Å². The summed E-state index contributed by atoms with van der Waals surface area (Å²) in [7, 11) is 1.30. The minimum atomic E-state index is -4.56. The number of hydrogen-bond donors (Lipinski definition) is 2. The number of phosphoric ester groups is 1. The highest BCUT2D eigenvalue weighted by molar-refractivity contribution is 7.45. The molecule has 2 N–H and O–H groups in total. The van der Waals surface area contributed by atoms with Crippen LogP contribution in [0.1, 0.15) is 232 Å². The van der Waals surface area contributed by atoms with Gasteiger partial charge in [-0.15, -0.1) is 0 Å². The summed E-state index contributed by atoms with van der Waals surface area (Å²) in [6, 6.07) is -0.798. The van der Waals surface area contributed by atoms with Gasteiger partial charge in [-0.05, 0) is 64.2 Å². The standard InChI is InChI=1S/C57H105N2O6P/c1-6-8-10-12-14-15-16-17-18-19-20-21-22-23-24-25-26-27-28-29-30-31-32-33-34-35-36-37-38-39-40-41-42-43-45-47-49-51-57(61)58-55(56(60)50-48-46-44-13-11-9-7-2)54-65-66(62,63)64-53-52-59(3,4)5/h8,10,14-15,17-18,20-21,23-24,26-27,55-56,60H,6-7,9,11-13,16,19,22,25,28-54H2,1-5H3,(H-,58,61,62,63)/b10-8-,15-14-,18-17-,21-20-,24-23-,27-26-. The van der Waals surface area contributed by atoms with Crippen molar-refractivity contribution in [2.45, 2.75) is 244 Å². The molecule has 3 unspecified atom stereocenters. The van der Waals surface area contributed by atoms with Crippen LogP contribution >= 0.6 is 7.82 Å². The van der Waals surface area contributed by atoms with E-state index in [1.54, 1.807) is 0 Å². The molecule has 0 aliphatic heterocycles. The number of aliphatic hydroxyl groups is 1. The number of amides is 1. The van der Waals surface area contributed by atoms with Gasteiger partial charge in [0, 0.05) is 6.42 Å². The van der Waals surface area contributed by atoms with Crippen molar-refractivity contribution in [3.8, 4) is 0 Å². The van der Waals surface area contributed by atoms with Crippen LogP contribution in [0.4, 0.5) is 0 Å². The molecule has 384 valence electrons. The average molecular weight is 945 g/mol. The van der Waals surface area contributed by atoms with Gasteiger partial charge in [0.25, 0.3) is 7.82 Å². The number of allylic oxidation sites excluding steroid dienone is 12. The molecule has 3 atom stereocenters. The molecule has 66 heavy (non-hydrogen) atoms. The van der Waals surface area contributed by atoms with Crippen molar-refractivity contribution in [1.29, 1.82) is 0 Å². The minimum Gasteiger partial charge on any atom is -0.756 e. The zero-order chi connectivity index (χ0) is 48.5. The number of nitrogens with one attached hydrogen (secondary N) is 1. The summed E-state index contributed by atoms with van der Waals surface area (Å²) in [6.45, 7) is 4.55. The normalized spacial score (nSPS) is 14.6. The second-order valence-electron chi connectivity index (χ2n) is 19.6. The van der Waals surface area contributed by atoms with E-state index in [1.807, 2.05) is 21.1 Å². The molecular weight excluding hydrogens is 840 g/mol. The van der Waals surface area contributed by atoms with Crippen molar-refractivity contribution in [2.75, 3.05) is 40.9 Å². The first-order valence-electron chi connectivity index (χ1n) is 27.3. The molecule has 0 aliphatic carbocycles. The van der Waals surface area contributed by atoms with E-state index >= 15 is 0 Å². The molecule has 8 nitrogen and oxygen atoms in total. The third kappa shape index (κ3) is 49.8. The molecule has 0 saturated carbocycles. The van der Waals surface area contributed by atoms with Gasteiger partial charge in [0.05, 0.1) is 39.9 Å². The fourth-order valence-electron chi connectivity index (χ4n) is 7.69. The van der Waals surface area contributed by atoms with Crippen molar-refractivity contribution in [3.63, 3.8) is 0 Å². The number of quaternary nitrogens is 1. The Hall–Kier alpha value is -2.06. The fourth-order valence-corrected chi connectivity index (χ4v) is 8.41. The summed E-state index contributed by atoms with van der Waals surface area (Å²) in [4.78, 5) is 25.3. The molecule has 9 heteroatoms. The lowest BCUT2D eigenvalue weighted by molar-refractivity contribution is -0.870. The van der Waals surface area contributed by atoms with Gasteiger partial charge in [-0.2, -0.15) is 0 Å². The van der Waals surface area contributed by atoms with Crippen molar-refractivity contribution in [2.24, 2.45) is 0 Å². The lowest BCUT2D eigenvalue weighted by atomic mass is 10.0. The average Bonchev–Trinajstić information content (AvgIpc) is 3.28. The Labute approximate surface area is 408 Å². The predicted octanol–water partition coefficient (Wildman–Crippen LogP) is 15.7. The van der Waals surface area contributed by atoms with Crippen LogP contribution in [0.2, 0.25) is 0 Å². The zero-order valence-corrected chi connectivity index (χ0v) is 44.5.